The number of carbonyl (C=O) groups is 1. The highest BCUT2D eigenvalue weighted by Crippen LogP contribution is 2.28. The number of carbonyl (C=O) groups excluding carboxylic acids is 1. The SMILES string of the molecule is O=C(CBr)N(Cc1cccnc1)C1CC1. The quantitative estimate of drug-likeness (QED) is 0.783. The number of rotatable bonds is 4. The van der Waals surface area contributed by atoms with Gasteiger partial charge < -0.3 is 4.90 Å². The highest BCUT2D eigenvalue weighted by molar-refractivity contribution is 9.09. The third-order valence-corrected chi connectivity index (χ3v) is 2.98. The molecule has 0 atom stereocenters. The second-order valence-electron chi connectivity index (χ2n) is 3.75. The van der Waals surface area contributed by atoms with E-state index >= 15 is 0 Å². The van der Waals surface area contributed by atoms with Crippen LogP contribution in [0.5, 0.6) is 0 Å². The largest absolute Gasteiger partial charge is 0.335 e. The van der Waals surface area contributed by atoms with Gasteiger partial charge in [-0.2, -0.15) is 0 Å². The van der Waals surface area contributed by atoms with Crippen molar-refractivity contribution in [3.8, 4) is 0 Å². The molecule has 0 N–H and O–H groups in total. The van der Waals surface area contributed by atoms with Crippen LogP contribution in [0.2, 0.25) is 0 Å². The number of hydrogen-bond donors (Lipinski definition) is 0. The molecule has 1 aliphatic rings. The first-order chi connectivity index (χ1) is 7.31. The molecule has 1 saturated carbocycles. The van der Waals surface area contributed by atoms with E-state index in [-0.39, 0.29) is 5.91 Å². The van der Waals surface area contributed by atoms with Crippen molar-refractivity contribution in [2.75, 3.05) is 5.33 Å². The van der Waals surface area contributed by atoms with Crippen molar-refractivity contribution in [2.45, 2.75) is 25.4 Å². The average molecular weight is 269 g/mol. The third-order valence-electron chi connectivity index (χ3n) is 2.50. The zero-order valence-electron chi connectivity index (χ0n) is 8.40. The van der Waals surface area contributed by atoms with E-state index in [1.165, 1.54) is 0 Å². The molecule has 0 aromatic carbocycles. The molecule has 1 heterocycles. The lowest BCUT2D eigenvalue weighted by Crippen LogP contribution is -2.33. The van der Waals surface area contributed by atoms with Crippen LogP contribution in [-0.4, -0.2) is 27.2 Å². The fourth-order valence-corrected chi connectivity index (χ4v) is 1.89. The van der Waals surface area contributed by atoms with Gasteiger partial charge in [-0.3, -0.25) is 9.78 Å². The molecule has 3 nitrogen and oxygen atoms in total. The summed E-state index contributed by atoms with van der Waals surface area (Å²) >= 11 is 3.22. The Morgan fingerprint density at radius 1 is 1.60 bits per heavy atom. The second kappa shape index (κ2) is 4.75. The van der Waals surface area contributed by atoms with Crippen LogP contribution >= 0.6 is 15.9 Å². The van der Waals surface area contributed by atoms with E-state index < -0.39 is 0 Å². The van der Waals surface area contributed by atoms with Crippen LogP contribution in [0.25, 0.3) is 0 Å². The molecule has 0 radical (unpaired) electrons. The molecule has 1 fully saturated rings. The summed E-state index contributed by atoms with van der Waals surface area (Å²) in [7, 11) is 0. The van der Waals surface area contributed by atoms with Gasteiger partial charge >= 0.3 is 0 Å². The number of halogens is 1. The van der Waals surface area contributed by atoms with E-state index in [2.05, 4.69) is 20.9 Å². The van der Waals surface area contributed by atoms with Crippen LogP contribution in [0.1, 0.15) is 18.4 Å². The average Bonchev–Trinajstić information content (AvgIpc) is 3.10. The van der Waals surface area contributed by atoms with Gasteiger partial charge in [-0.25, -0.2) is 0 Å². The van der Waals surface area contributed by atoms with E-state index in [0.29, 0.717) is 17.9 Å². The first-order valence-electron chi connectivity index (χ1n) is 5.05. The monoisotopic (exact) mass is 268 g/mol. The normalized spacial score (nSPS) is 15.0. The Kier molecular flexibility index (Phi) is 3.36. The molecule has 4 heteroatoms. The summed E-state index contributed by atoms with van der Waals surface area (Å²) in [4.78, 5) is 17.6. The number of amides is 1. The van der Waals surface area contributed by atoms with Crippen molar-refractivity contribution in [1.29, 1.82) is 0 Å². The fraction of sp³-hybridized carbons (Fsp3) is 0.455. The maximum absolute atomic E-state index is 11.7. The standard InChI is InChI=1S/C11H13BrN2O/c12-6-11(15)14(10-3-4-10)8-9-2-1-5-13-7-9/h1-2,5,7,10H,3-4,6,8H2. The Bertz CT molecular complexity index is 338. The minimum absolute atomic E-state index is 0.168. The summed E-state index contributed by atoms with van der Waals surface area (Å²) in [5, 5.41) is 0.407. The first-order valence-corrected chi connectivity index (χ1v) is 6.17. The van der Waals surface area contributed by atoms with Gasteiger partial charge in [-0.15, -0.1) is 0 Å². The molecule has 15 heavy (non-hydrogen) atoms. The first kappa shape index (κ1) is 10.6. The Hall–Kier alpha value is -0.900. The van der Waals surface area contributed by atoms with Gasteiger partial charge in [0.15, 0.2) is 0 Å². The van der Waals surface area contributed by atoms with Crippen LogP contribution in [0.3, 0.4) is 0 Å². The molecule has 1 aliphatic carbocycles. The Morgan fingerprint density at radius 2 is 2.40 bits per heavy atom. The van der Waals surface area contributed by atoms with Gasteiger partial charge in [0.25, 0.3) is 0 Å². The lowest BCUT2D eigenvalue weighted by atomic mass is 10.2. The van der Waals surface area contributed by atoms with Crippen LogP contribution in [0, 0.1) is 0 Å². The van der Waals surface area contributed by atoms with Crippen molar-refractivity contribution in [3.63, 3.8) is 0 Å². The zero-order valence-corrected chi connectivity index (χ0v) is 9.98. The smallest absolute Gasteiger partial charge is 0.233 e. The van der Waals surface area contributed by atoms with Gasteiger partial charge in [0, 0.05) is 25.0 Å². The molecule has 1 aromatic rings. The topological polar surface area (TPSA) is 33.2 Å². The maximum atomic E-state index is 11.7. The third kappa shape index (κ3) is 2.78. The summed E-state index contributed by atoms with van der Waals surface area (Å²) < 4.78 is 0. The van der Waals surface area contributed by atoms with Crippen LogP contribution in [0.4, 0.5) is 0 Å². The van der Waals surface area contributed by atoms with E-state index in [1.54, 1.807) is 6.20 Å². The maximum Gasteiger partial charge on any atom is 0.233 e. The summed E-state index contributed by atoms with van der Waals surface area (Å²) in [6, 6.07) is 4.36. The van der Waals surface area contributed by atoms with E-state index in [9.17, 15) is 4.79 Å². The Morgan fingerprint density at radius 3 is 2.93 bits per heavy atom. The molecule has 80 valence electrons. The molecule has 1 aromatic heterocycles. The molecular formula is C11H13BrN2O. The van der Waals surface area contributed by atoms with Crippen LogP contribution in [0.15, 0.2) is 24.5 Å². The molecule has 0 saturated heterocycles. The number of pyridine rings is 1. The minimum atomic E-state index is 0.168. The van der Waals surface area contributed by atoms with E-state index in [4.69, 9.17) is 0 Å². The van der Waals surface area contributed by atoms with Gasteiger partial charge in [-0.05, 0) is 24.5 Å². The molecule has 0 bridgehead atoms. The highest BCUT2D eigenvalue weighted by atomic mass is 79.9. The molecule has 0 unspecified atom stereocenters. The summed E-state index contributed by atoms with van der Waals surface area (Å²) in [5.41, 5.74) is 1.10. The number of hydrogen-bond acceptors (Lipinski definition) is 2. The van der Waals surface area contributed by atoms with Gasteiger partial charge in [0.05, 0.1) is 5.33 Å². The lowest BCUT2D eigenvalue weighted by molar-refractivity contribution is -0.129. The Balaban J connectivity index is 2.04. The predicted octanol–water partition coefficient (Wildman–Crippen LogP) is 1.97. The van der Waals surface area contributed by atoms with Crippen molar-refractivity contribution in [2.24, 2.45) is 0 Å². The molecule has 1 amide bonds. The highest BCUT2D eigenvalue weighted by Gasteiger charge is 2.31. The van der Waals surface area contributed by atoms with Crippen molar-refractivity contribution >= 4 is 21.8 Å². The van der Waals surface area contributed by atoms with Gasteiger partial charge in [0.2, 0.25) is 5.91 Å². The number of nitrogens with zero attached hydrogens (tertiary/aromatic N) is 2. The van der Waals surface area contributed by atoms with Crippen LogP contribution in [-0.2, 0) is 11.3 Å². The minimum Gasteiger partial charge on any atom is -0.335 e. The lowest BCUT2D eigenvalue weighted by Gasteiger charge is -2.21. The molecule has 0 spiro atoms. The molecular weight excluding hydrogens is 256 g/mol. The van der Waals surface area contributed by atoms with Gasteiger partial charge in [0.1, 0.15) is 0 Å². The predicted molar refractivity (Wildman–Crippen MR) is 61.6 cm³/mol. The van der Waals surface area contributed by atoms with Crippen LogP contribution < -0.4 is 0 Å². The fourth-order valence-electron chi connectivity index (χ4n) is 1.57. The van der Waals surface area contributed by atoms with E-state index in [1.807, 2.05) is 23.2 Å². The van der Waals surface area contributed by atoms with Crippen molar-refractivity contribution < 1.29 is 4.79 Å². The molecule has 0 aliphatic heterocycles. The summed E-state index contributed by atoms with van der Waals surface area (Å²) in [6.07, 6.45) is 5.84. The van der Waals surface area contributed by atoms with Crippen molar-refractivity contribution in [3.05, 3.63) is 30.1 Å². The summed E-state index contributed by atoms with van der Waals surface area (Å²) in [6.45, 7) is 0.683. The number of alkyl halides is 1. The van der Waals surface area contributed by atoms with Crippen molar-refractivity contribution in [1.82, 2.24) is 9.88 Å². The zero-order chi connectivity index (χ0) is 10.7. The summed E-state index contributed by atoms with van der Waals surface area (Å²) in [5.74, 6) is 0.168. The Labute approximate surface area is 97.6 Å². The second-order valence-corrected chi connectivity index (χ2v) is 4.31. The van der Waals surface area contributed by atoms with Gasteiger partial charge in [-0.1, -0.05) is 22.0 Å². The number of aromatic nitrogens is 1. The molecule has 2 rings (SSSR count). The van der Waals surface area contributed by atoms with E-state index in [0.717, 1.165) is 18.4 Å².